The molecule has 2 aromatic rings. The highest BCUT2D eigenvalue weighted by Gasteiger charge is 2.17. The average Bonchev–Trinajstić information content (AvgIpc) is 2.77. The van der Waals surface area contributed by atoms with Crippen molar-refractivity contribution >= 4 is 29.2 Å². The quantitative estimate of drug-likeness (QED) is 0.0967. The molecule has 0 heterocycles. The molecule has 0 aliphatic heterocycles. The van der Waals surface area contributed by atoms with E-state index < -0.39 is 39.8 Å². The summed E-state index contributed by atoms with van der Waals surface area (Å²) in [5, 5.41) is 21.9. The number of halogens is 3. The molecule has 0 aromatic heterocycles. The number of nitro benzene ring substituents is 1. The molecule has 11 heteroatoms. The summed E-state index contributed by atoms with van der Waals surface area (Å²) in [6.45, 7) is 0.184. The van der Waals surface area contributed by atoms with Gasteiger partial charge in [-0.2, -0.15) is 0 Å². The molecule has 0 radical (unpaired) electrons. The molecule has 0 spiro atoms. The van der Waals surface area contributed by atoms with Crippen LogP contribution < -0.4 is 10.8 Å². The summed E-state index contributed by atoms with van der Waals surface area (Å²) in [5.74, 6) is -5.02. The van der Waals surface area contributed by atoms with E-state index in [0.29, 0.717) is 25.3 Å². The van der Waals surface area contributed by atoms with Crippen LogP contribution in [0.25, 0.3) is 11.6 Å². The average molecular weight is 451 g/mol. The number of hydroxylamine groups is 1. The van der Waals surface area contributed by atoms with Crippen LogP contribution >= 0.6 is 0 Å². The fourth-order valence-corrected chi connectivity index (χ4v) is 2.82. The first kappa shape index (κ1) is 24.5. The zero-order valence-corrected chi connectivity index (χ0v) is 16.7. The van der Waals surface area contributed by atoms with E-state index in [0.717, 1.165) is 24.3 Å². The third kappa shape index (κ3) is 6.91. The monoisotopic (exact) mass is 451 g/mol. The predicted molar refractivity (Wildman–Crippen MR) is 109 cm³/mol. The number of nitrogens with one attached hydrogen (secondary N) is 2. The Balaban J connectivity index is 2.22. The molecule has 0 atom stereocenters. The molecule has 0 aliphatic carbocycles. The van der Waals surface area contributed by atoms with Crippen molar-refractivity contribution in [3.05, 3.63) is 75.1 Å². The van der Waals surface area contributed by atoms with Crippen molar-refractivity contribution in [1.82, 2.24) is 10.8 Å². The number of nitro groups is 1. The van der Waals surface area contributed by atoms with E-state index >= 15 is 0 Å². The largest absolute Gasteiger partial charge is 0.352 e. The van der Waals surface area contributed by atoms with Crippen LogP contribution in [0.1, 0.15) is 36.8 Å². The molecular formula is C21H20F3N3O5. The molecule has 0 bridgehead atoms. The lowest BCUT2D eigenvalue weighted by atomic mass is 10.0. The SMILES string of the molecule is O=C(CCCCCNC(=O)C(=Cc1cc(F)cc(F)c1F)c1ccc([N+](=O)[O-])cc1)NO. The molecular weight excluding hydrogens is 431 g/mol. The Hall–Kier alpha value is -3.73. The summed E-state index contributed by atoms with van der Waals surface area (Å²) in [4.78, 5) is 33.9. The summed E-state index contributed by atoms with van der Waals surface area (Å²) in [5.41, 5.74) is 0.807. The fraction of sp³-hybridized carbons (Fsp3) is 0.238. The van der Waals surface area contributed by atoms with Crippen LogP contribution in [0.3, 0.4) is 0 Å². The summed E-state index contributed by atoms with van der Waals surface area (Å²) < 4.78 is 41.2. The summed E-state index contributed by atoms with van der Waals surface area (Å²) in [7, 11) is 0. The van der Waals surface area contributed by atoms with Gasteiger partial charge in [0.05, 0.1) is 4.92 Å². The highest BCUT2D eigenvalue weighted by molar-refractivity contribution is 6.24. The van der Waals surface area contributed by atoms with Gasteiger partial charge in [0.2, 0.25) is 5.91 Å². The molecule has 8 nitrogen and oxygen atoms in total. The number of nitrogens with zero attached hydrogens (tertiary/aromatic N) is 1. The number of carbonyl (C=O) groups is 2. The van der Waals surface area contributed by atoms with Gasteiger partial charge in [-0.15, -0.1) is 0 Å². The topological polar surface area (TPSA) is 122 Å². The van der Waals surface area contributed by atoms with Crippen molar-refractivity contribution in [1.29, 1.82) is 0 Å². The van der Waals surface area contributed by atoms with Crippen LogP contribution in [0.15, 0.2) is 36.4 Å². The smallest absolute Gasteiger partial charge is 0.269 e. The van der Waals surface area contributed by atoms with Gasteiger partial charge < -0.3 is 5.32 Å². The second-order valence-electron chi connectivity index (χ2n) is 6.75. The van der Waals surface area contributed by atoms with Gasteiger partial charge >= 0.3 is 0 Å². The molecule has 170 valence electrons. The standard InChI is InChI=1S/C21H20F3N3O5/c22-15-10-14(20(24)18(23)12-15)11-17(13-5-7-16(8-6-13)27(31)32)21(29)25-9-3-1-2-4-19(28)26-30/h5-8,10-12,30H,1-4,9H2,(H,25,29)(H,26,28). The normalized spacial score (nSPS) is 11.2. The van der Waals surface area contributed by atoms with Gasteiger partial charge in [-0.1, -0.05) is 6.42 Å². The van der Waals surface area contributed by atoms with Gasteiger partial charge in [0.1, 0.15) is 5.82 Å². The maximum absolute atomic E-state index is 14.1. The molecule has 0 unspecified atom stereocenters. The van der Waals surface area contributed by atoms with Gasteiger partial charge in [0.25, 0.3) is 11.6 Å². The molecule has 2 aromatic carbocycles. The van der Waals surface area contributed by atoms with Crippen LogP contribution in [0.5, 0.6) is 0 Å². The Morgan fingerprint density at radius 1 is 1.06 bits per heavy atom. The van der Waals surface area contributed by atoms with E-state index in [9.17, 15) is 32.9 Å². The van der Waals surface area contributed by atoms with Crippen molar-refractivity contribution in [2.45, 2.75) is 25.7 Å². The van der Waals surface area contributed by atoms with Gasteiger partial charge in [-0.25, -0.2) is 18.7 Å². The maximum atomic E-state index is 14.1. The van der Waals surface area contributed by atoms with E-state index in [1.807, 2.05) is 0 Å². The first-order valence-corrected chi connectivity index (χ1v) is 9.55. The lowest BCUT2D eigenvalue weighted by Crippen LogP contribution is -2.25. The molecule has 2 rings (SSSR count). The highest BCUT2D eigenvalue weighted by Crippen LogP contribution is 2.24. The predicted octanol–water partition coefficient (Wildman–Crippen LogP) is 3.73. The lowest BCUT2D eigenvalue weighted by Gasteiger charge is -2.10. The van der Waals surface area contributed by atoms with Crippen LogP contribution in [-0.2, 0) is 9.59 Å². The number of unbranched alkanes of at least 4 members (excludes halogenated alkanes) is 2. The van der Waals surface area contributed by atoms with Crippen molar-refractivity contribution in [3.8, 4) is 0 Å². The third-order valence-electron chi connectivity index (χ3n) is 4.45. The third-order valence-corrected chi connectivity index (χ3v) is 4.45. The summed E-state index contributed by atoms with van der Waals surface area (Å²) in [6, 6.07) is 5.92. The number of non-ortho nitro benzene ring substituents is 1. The van der Waals surface area contributed by atoms with Crippen molar-refractivity contribution in [3.63, 3.8) is 0 Å². The Morgan fingerprint density at radius 2 is 1.75 bits per heavy atom. The van der Waals surface area contributed by atoms with Crippen LogP contribution in [-0.4, -0.2) is 28.5 Å². The number of rotatable bonds is 10. The summed E-state index contributed by atoms with van der Waals surface area (Å²) >= 11 is 0. The number of hydrogen-bond donors (Lipinski definition) is 3. The van der Waals surface area contributed by atoms with Gasteiger partial charge in [-0.05, 0) is 42.7 Å². The zero-order chi connectivity index (χ0) is 23.7. The minimum atomic E-state index is -1.42. The highest BCUT2D eigenvalue weighted by atomic mass is 19.2. The summed E-state index contributed by atoms with van der Waals surface area (Å²) in [6.07, 6.45) is 2.60. The second-order valence-corrected chi connectivity index (χ2v) is 6.75. The number of amides is 2. The van der Waals surface area contributed by atoms with Crippen molar-refractivity contribution < 1.29 is 32.9 Å². The molecule has 3 N–H and O–H groups in total. The van der Waals surface area contributed by atoms with E-state index in [4.69, 9.17) is 5.21 Å². The Morgan fingerprint density at radius 3 is 2.38 bits per heavy atom. The molecule has 0 fully saturated rings. The van der Waals surface area contributed by atoms with Crippen LogP contribution in [0, 0.1) is 27.6 Å². The van der Waals surface area contributed by atoms with Gasteiger partial charge in [0, 0.05) is 42.3 Å². The van der Waals surface area contributed by atoms with Gasteiger partial charge in [0.15, 0.2) is 11.6 Å². The molecule has 0 aliphatic rings. The van der Waals surface area contributed by atoms with E-state index in [2.05, 4.69) is 5.32 Å². The van der Waals surface area contributed by atoms with Crippen LogP contribution in [0.2, 0.25) is 0 Å². The Labute approximate surface area is 180 Å². The number of carbonyl (C=O) groups excluding carboxylic acids is 2. The van der Waals surface area contributed by atoms with Gasteiger partial charge in [-0.3, -0.25) is 24.9 Å². The Bertz CT molecular complexity index is 1030. The Kier molecular flexibility index (Phi) is 8.90. The molecule has 0 saturated heterocycles. The zero-order valence-electron chi connectivity index (χ0n) is 16.7. The van der Waals surface area contributed by atoms with E-state index in [-0.39, 0.29) is 29.8 Å². The minimum Gasteiger partial charge on any atom is -0.352 e. The molecule has 32 heavy (non-hydrogen) atoms. The van der Waals surface area contributed by atoms with Crippen molar-refractivity contribution in [2.75, 3.05) is 6.54 Å². The fourth-order valence-electron chi connectivity index (χ4n) is 2.82. The minimum absolute atomic E-state index is 0.114. The first-order chi connectivity index (χ1) is 15.2. The molecule has 2 amide bonds. The van der Waals surface area contributed by atoms with Crippen molar-refractivity contribution in [2.24, 2.45) is 0 Å². The maximum Gasteiger partial charge on any atom is 0.269 e. The van der Waals surface area contributed by atoms with E-state index in [1.54, 1.807) is 0 Å². The second kappa shape index (κ2) is 11.6. The lowest BCUT2D eigenvalue weighted by molar-refractivity contribution is -0.384. The number of hydrogen-bond acceptors (Lipinski definition) is 5. The first-order valence-electron chi connectivity index (χ1n) is 9.55. The molecule has 0 saturated carbocycles. The van der Waals surface area contributed by atoms with Crippen LogP contribution in [0.4, 0.5) is 18.9 Å². The van der Waals surface area contributed by atoms with E-state index in [1.165, 1.54) is 17.6 Å². The number of benzene rings is 2.